The number of hydrogen-bond acceptors (Lipinski definition) is 2. The lowest BCUT2D eigenvalue weighted by Crippen LogP contribution is -2.16. The summed E-state index contributed by atoms with van der Waals surface area (Å²) in [5.41, 5.74) is -0.402. The predicted octanol–water partition coefficient (Wildman–Crippen LogP) is 8.74. The summed E-state index contributed by atoms with van der Waals surface area (Å²) in [6.07, 6.45) is 13.3. The van der Waals surface area contributed by atoms with Crippen LogP contribution in [0, 0.1) is 0 Å². The van der Waals surface area contributed by atoms with Crippen molar-refractivity contribution in [3.05, 3.63) is 41.5 Å². The Morgan fingerprint density at radius 1 is 0.903 bits per heavy atom. The Balaban J connectivity index is 2.32. The molecule has 0 heterocycles. The van der Waals surface area contributed by atoms with Gasteiger partial charge in [-0.2, -0.15) is 13.2 Å². The molecule has 1 aromatic rings. The molecule has 0 aliphatic rings. The van der Waals surface area contributed by atoms with Gasteiger partial charge in [0.2, 0.25) is 0 Å². The summed E-state index contributed by atoms with van der Waals surface area (Å²) in [5, 5.41) is 0. The van der Waals surface area contributed by atoms with Gasteiger partial charge in [0.25, 0.3) is 0 Å². The SMILES string of the molecule is CCCCCCCCCCCCC(CCC)OC(=O)/C=C/c1cccc(C(F)(F)F)c1. The van der Waals surface area contributed by atoms with Crippen LogP contribution in [0.4, 0.5) is 13.2 Å². The summed E-state index contributed by atoms with van der Waals surface area (Å²) < 4.78 is 43.9. The third kappa shape index (κ3) is 13.3. The number of esters is 1. The van der Waals surface area contributed by atoms with Gasteiger partial charge in [-0.05, 0) is 43.0 Å². The molecule has 2 nitrogen and oxygen atoms in total. The van der Waals surface area contributed by atoms with Gasteiger partial charge in [0, 0.05) is 6.08 Å². The molecule has 0 N–H and O–H groups in total. The molecule has 1 unspecified atom stereocenters. The molecule has 5 heteroatoms. The Hall–Kier alpha value is -1.78. The fourth-order valence-corrected chi connectivity index (χ4v) is 3.63. The van der Waals surface area contributed by atoms with Crippen LogP contribution >= 0.6 is 0 Å². The fourth-order valence-electron chi connectivity index (χ4n) is 3.63. The Morgan fingerprint density at radius 2 is 1.52 bits per heavy atom. The highest BCUT2D eigenvalue weighted by Gasteiger charge is 2.30. The molecule has 0 saturated carbocycles. The summed E-state index contributed by atoms with van der Waals surface area (Å²) in [5.74, 6) is -0.497. The van der Waals surface area contributed by atoms with E-state index in [9.17, 15) is 18.0 Å². The Morgan fingerprint density at radius 3 is 2.10 bits per heavy atom. The highest BCUT2D eigenvalue weighted by Crippen LogP contribution is 2.29. The standard InChI is InChI=1S/C26H39F3O2/c1-3-5-6-7-8-9-10-11-12-13-18-24(15-4-2)31-25(30)20-19-22-16-14-17-23(21-22)26(27,28)29/h14,16-17,19-21,24H,3-13,15,18H2,1-2H3/b20-19+. The van der Waals surface area contributed by atoms with E-state index in [4.69, 9.17) is 4.74 Å². The zero-order valence-corrected chi connectivity index (χ0v) is 19.2. The van der Waals surface area contributed by atoms with Crippen molar-refractivity contribution in [3.63, 3.8) is 0 Å². The summed E-state index contributed by atoms with van der Waals surface area (Å²) >= 11 is 0. The molecule has 0 radical (unpaired) electrons. The van der Waals surface area contributed by atoms with Crippen LogP contribution in [0.25, 0.3) is 6.08 Å². The first-order chi connectivity index (χ1) is 14.9. The highest BCUT2D eigenvalue weighted by molar-refractivity contribution is 5.87. The molecule has 0 aliphatic heterocycles. The van der Waals surface area contributed by atoms with Crippen LogP contribution in [0.15, 0.2) is 30.3 Å². The first-order valence-electron chi connectivity index (χ1n) is 11.9. The van der Waals surface area contributed by atoms with Crippen molar-refractivity contribution < 1.29 is 22.7 Å². The average molecular weight is 441 g/mol. The molecule has 0 aromatic heterocycles. The normalized spacial score (nSPS) is 12.9. The molecule has 1 atom stereocenters. The molecule has 176 valence electrons. The smallest absolute Gasteiger partial charge is 0.416 e. The van der Waals surface area contributed by atoms with E-state index in [1.165, 1.54) is 75.7 Å². The molecular weight excluding hydrogens is 401 g/mol. The molecule has 0 fully saturated rings. The van der Waals surface area contributed by atoms with Crippen molar-refractivity contribution in [2.75, 3.05) is 0 Å². The average Bonchev–Trinajstić information content (AvgIpc) is 2.73. The van der Waals surface area contributed by atoms with Gasteiger partial charge in [0.15, 0.2) is 0 Å². The Bertz CT molecular complexity index is 638. The fraction of sp³-hybridized carbons (Fsp3) is 0.654. The number of hydrogen-bond donors (Lipinski definition) is 0. The maximum atomic E-state index is 12.8. The molecule has 0 bridgehead atoms. The predicted molar refractivity (Wildman–Crippen MR) is 122 cm³/mol. The zero-order chi connectivity index (χ0) is 23.0. The van der Waals surface area contributed by atoms with Gasteiger partial charge in [-0.25, -0.2) is 4.79 Å². The molecule has 0 aliphatic carbocycles. The van der Waals surface area contributed by atoms with E-state index in [-0.39, 0.29) is 6.10 Å². The molecule has 1 aromatic carbocycles. The molecule has 0 saturated heterocycles. The van der Waals surface area contributed by atoms with Crippen LogP contribution < -0.4 is 0 Å². The zero-order valence-electron chi connectivity index (χ0n) is 19.2. The minimum absolute atomic E-state index is 0.127. The quantitative estimate of drug-likeness (QED) is 0.146. The number of ether oxygens (including phenoxy) is 1. The molecule has 31 heavy (non-hydrogen) atoms. The lowest BCUT2D eigenvalue weighted by Gasteiger charge is -2.16. The second kappa shape index (κ2) is 15.9. The van der Waals surface area contributed by atoms with Crippen LogP contribution in [0.1, 0.15) is 108 Å². The second-order valence-electron chi connectivity index (χ2n) is 8.27. The summed E-state index contributed by atoms with van der Waals surface area (Å²) in [6, 6.07) is 4.90. The van der Waals surface area contributed by atoms with E-state index >= 15 is 0 Å². The number of alkyl halides is 3. The van der Waals surface area contributed by atoms with Crippen LogP contribution in [-0.4, -0.2) is 12.1 Å². The topological polar surface area (TPSA) is 26.3 Å². The lowest BCUT2D eigenvalue weighted by atomic mass is 10.0. The molecule has 1 rings (SSSR count). The van der Waals surface area contributed by atoms with Gasteiger partial charge in [0.05, 0.1) is 5.56 Å². The molecular formula is C26H39F3O2. The van der Waals surface area contributed by atoms with Gasteiger partial charge in [-0.15, -0.1) is 0 Å². The number of benzene rings is 1. The van der Waals surface area contributed by atoms with Crippen molar-refractivity contribution >= 4 is 12.0 Å². The van der Waals surface area contributed by atoms with Crippen molar-refractivity contribution in [1.82, 2.24) is 0 Å². The summed E-state index contributed by atoms with van der Waals surface area (Å²) in [4.78, 5) is 12.1. The summed E-state index contributed by atoms with van der Waals surface area (Å²) in [7, 11) is 0. The maximum Gasteiger partial charge on any atom is 0.416 e. The van der Waals surface area contributed by atoms with Gasteiger partial charge in [0.1, 0.15) is 6.10 Å². The van der Waals surface area contributed by atoms with Crippen molar-refractivity contribution in [2.24, 2.45) is 0 Å². The molecule has 0 amide bonds. The first kappa shape index (κ1) is 27.3. The first-order valence-corrected chi connectivity index (χ1v) is 11.9. The van der Waals surface area contributed by atoms with Gasteiger partial charge in [-0.1, -0.05) is 90.2 Å². The van der Waals surface area contributed by atoms with E-state index in [1.807, 2.05) is 0 Å². The number of carbonyl (C=O) groups is 1. The van der Waals surface area contributed by atoms with Crippen LogP contribution in [-0.2, 0) is 15.7 Å². The van der Waals surface area contributed by atoms with Gasteiger partial charge >= 0.3 is 12.1 Å². The van der Waals surface area contributed by atoms with Gasteiger partial charge < -0.3 is 4.74 Å². The van der Waals surface area contributed by atoms with E-state index in [1.54, 1.807) is 0 Å². The van der Waals surface area contributed by atoms with E-state index in [0.717, 1.165) is 44.2 Å². The second-order valence-corrected chi connectivity index (χ2v) is 8.27. The van der Waals surface area contributed by atoms with E-state index < -0.39 is 17.7 Å². The lowest BCUT2D eigenvalue weighted by molar-refractivity contribution is -0.143. The van der Waals surface area contributed by atoms with Crippen LogP contribution in [0.3, 0.4) is 0 Å². The van der Waals surface area contributed by atoms with E-state index in [2.05, 4.69) is 13.8 Å². The third-order valence-electron chi connectivity index (χ3n) is 5.40. The number of halogens is 3. The number of rotatable bonds is 16. The van der Waals surface area contributed by atoms with Crippen molar-refractivity contribution in [2.45, 2.75) is 110 Å². The number of carbonyl (C=O) groups excluding carboxylic acids is 1. The van der Waals surface area contributed by atoms with Gasteiger partial charge in [-0.3, -0.25) is 0 Å². The maximum absolute atomic E-state index is 12.8. The molecule has 0 spiro atoms. The van der Waals surface area contributed by atoms with Crippen molar-refractivity contribution in [1.29, 1.82) is 0 Å². The highest BCUT2D eigenvalue weighted by atomic mass is 19.4. The van der Waals surface area contributed by atoms with Crippen molar-refractivity contribution in [3.8, 4) is 0 Å². The Kier molecular flexibility index (Phi) is 14.0. The summed E-state index contributed by atoms with van der Waals surface area (Å²) in [6.45, 7) is 4.29. The largest absolute Gasteiger partial charge is 0.459 e. The Labute approximate surface area is 186 Å². The van der Waals surface area contributed by atoms with Crippen LogP contribution in [0.5, 0.6) is 0 Å². The monoisotopic (exact) mass is 440 g/mol. The van der Waals surface area contributed by atoms with E-state index in [0.29, 0.717) is 5.56 Å². The third-order valence-corrected chi connectivity index (χ3v) is 5.40. The minimum Gasteiger partial charge on any atom is -0.459 e. The van der Waals surface area contributed by atoms with Crippen LogP contribution in [0.2, 0.25) is 0 Å². The number of unbranched alkanes of at least 4 members (excludes halogenated alkanes) is 9. The minimum atomic E-state index is -4.40.